The molecule has 0 heterocycles. The molecular weight excluding hydrogens is 303 g/mol. The van der Waals surface area contributed by atoms with Crippen molar-refractivity contribution in [3.63, 3.8) is 0 Å². The van der Waals surface area contributed by atoms with Crippen LogP contribution in [0.25, 0.3) is 0 Å². The fourth-order valence-corrected chi connectivity index (χ4v) is 2.98. The van der Waals surface area contributed by atoms with E-state index < -0.39 is 10.8 Å². The number of hydrogen-bond acceptors (Lipinski definition) is 2. The average molecular weight is 313 g/mol. The molecule has 0 saturated carbocycles. The quantitative estimate of drug-likeness (QED) is 0.800. The Morgan fingerprint density at radius 1 is 1.05 bits per heavy atom. The summed E-state index contributed by atoms with van der Waals surface area (Å²) in [7, 11) is -1.38. The van der Waals surface area contributed by atoms with Crippen LogP contribution >= 0.6 is 23.2 Å². The number of benzene rings is 2. The van der Waals surface area contributed by atoms with Gasteiger partial charge in [-0.05, 0) is 30.3 Å². The van der Waals surface area contributed by atoms with Crippen molar-refractivity contribution in [1.82, 2.24) is 0 Å². The number of Topliss-reactive ketones (excluding diaryl/α,β-unsaturated/α-hetero) is 1. The highest BCUT2D eigenvalue weighted by Crippen LogP contribution is 2.21. The number of halogens is 2. The van der Waals surface area contributed by atoms with Gasteiger partial charge in [-0.1, -0.05) is 41.4 Å². The molecule has 2 aromatic rings. The summed E-state index contributed by atoms with van der Waals surface area (Å²) in [5.41, 5.74) is 0.304. The summed E-state index contributed by atoms with van der Waals surface area (Å²) in [6.45, 7) is 0. The zero-order valence-electron chi connectivity index (χ0n) is 9.81. The van der Waals surface area contributed by atoms with Crippen molar-refractivity contribution in [2.24, 2.45) is 0 Å². The van der Waals surface area contributed by atoms with Crippen LogP contribution in [0.5, 0.6) is 0 Å². The van der Waals surface area contributed by atoms with Crippen LogP contribution in [0.15, 0.2) is 53.4 Å². The SMILES string of the molecule is O=C(CS(=O)c1ccccc1)c1cc(Cl)ccc1Cl. The molecular formula is C14H10Cl2O2S. The summed E-state index contributed by atoms with van der Waals surface area (Å²) in [6.07, 6.45) is 0. The molecule has 0 fully saturated rings. The van der Waals surface area contributed by atoms with Crippen molar-refractivity contribution in [2.75, 3.05) is 5.75 Å². The van der Waals surface area contributed by atoms with Crippen molar-refractivity contribution >= 4 is 39.8 Å². The monoisotopic (exact) mass is 312 g/mol. The molecule has 0 amide bonds. The molecule has 5 heteroatoms. The maximum atomic E-state index is 12.1. The predicted molar refractivity (Wildman–Crippen MR) is 78.5 cm³/mol. The lowest BCUT2D eigenvalue weighted by Gasteiger charge is -2.04. The predicted octanol–water partition coefficient (Wildman–Crippen LogP) is 3.98. The summed E-state index contributed by atoms with van der Waals surface area (Å²) in [6, 6.07) is 13.5. The molecule has 1 atom stereocenters. The summed E-state index contributed by atoms with van der Waals surface area (Å²) in [4.78, 5) is 12.7. The Morgan fingerprint density at radius 3 is 2.42 bits per heavy atom. The van der Waals surface area contributed by atoms with Gasteiger partial charge >= 0.3 is 0 Å². The van der Waals surface area contributed by atoms with Gasteiger partial charge < -0.3 is 0 Å². The first-order valence-corrected chi connectivity index (χ1v) is 7.57. The van der Waals surface area contributed by atoms with Crippen LogP contribution in [-0.2, 0) is 10.8 Å². The largest absolute Gasteiger partial charge is 0.293 e. The van der Waals surface area contributed by atoms with E-state index in [2.05, 4.69) is 0 Å². The van der Waals surface area contributed by atoms with Gasteiger partial charge in [-0.2, -0.15) is 0 Å². The lowest BCUT2D eigenvalue weighted by Crippen LogP contribution is -2.11. The third-order valence-corrected chi connectivity index (χ3v) is 4.38. The van der Waals surface area contributed by atoms with Gasteiger partial charge in [0.2, 0.25) is 0 Å². The van der Waals surface area contributed by atoms with Gasteiger partial charge in [-0.25, -0.2) is 0 Å². The Morgan fingerprint density at radius 2 is 1.74 bits per heavy atom. The molecule has 0 bridgehead atoms. The molecule has 0 N–H and O–H groups in total. The normalized spacial score (nSPS) is 12.1. The second-order valence-electron chi connectivity index (χ2n) is 3.85. The van der Waals surface area contributed by atoms with Gasteiger partial charge in [0.15, 0.2) is 5.78 Å². The summed E-state index contributed by atoms with van der Waals surface area (Å²) in [5.74, 6) is -0.390. The molecule has 0 aromatic heterocycles. The van der Waals surface area contributed by atoms with Crippen molar-refractivity contribution in [2.45, 2.75) is 4.90 Å². The van der Waals surface area contributed by atoms with Gasteiger partial charge in [-0.3, -0.25) is 9.00 Å². The van der Waals surface area contributed by atoms with Crippen LogP contribution in [0.4, 0.5) is 0 Å². The van der Waals surface area contributed by atoms with Crippen molar-refractivity contribution in [1.29, 1.82) is 0 Å². The maximum absolute atomic E-state index is 12.1. The van der Waals surface area contributed by atoms with Crippen LogP contribution in [0, 0.1) is 0 Å². The third-order valence-electron chi connectivity index (χ3n) is 2.50. The average Bonchev–Trinajstić information content (AvgIpc) is 2.42. The van der Waals surface area contributed by atoms with Crippen molar-refractivity contribution < 1.29 is 9.00 Å². The summed E-state index contributed by atoms with van der Waals surface area (Å²) in [5, 5.41) is 0.748. The first-order valence-electron chi connectivity index (χ1n) is 5.49. The number of carbonyl (C=O) groups is 1. The standard InChI is InChI=1S/C14H10Cl2O2S/c15-10-6-7-13(16)12(8-10)14(17)9-19(18)11-4-2-1-3-5-11/h1-8H,9H2. The van der Waals surface area contributed by atoms with E-state index in [4.69, 9.17) is 23.2 Å². The van der Waals surface area contributed by atoms with Crippen LogP contribution in [0.1, 0.15) is 10.4 Å². The highest BCUT2D eigenvalue weighted by atomic mass is 35.5. The van der Waals surface area contributed by atoms with E-state index in [1.807, 2.05) is 6.07 Å². The minimum absolute atomic E-state index is 0.107. The summed E-state index contributed by atoms with van der Waals surface area (Å²) < 4.78 is 12.0. The molecule has 0 radical (unpaired) electrons. The molecule has 0 aliphatic rings. The Balaban J connectivity index is 2.18. The lowest BCUT2D eigenvalue weighted by molar-refractivity contribution is 0.102. The molecule has 19 heavy (non-hydrogen) atoms. The first kappa shape index (κ1) is 14.3. The molecule has 1 unspecified atom stereocenters. The Hall–Kier alpha value is -1.16. The van der Waals surface area contributed by atoms with Crippen LogP contribution in [0.2, 0.25) is 10.0 Å². The van der Waals surface area contributed by atoms with Crippen LogP contribution < -0.4 is 0 Å². The molecule has 98 valence electrons. The zero-order valence-corrected chi connectivity index (χ0v) is 12.1. The molecule has 0 spiro atoms. The van der Waals surface area contributed by atoms with E-state index in [0.717, 1.165) is 0 Å². The first-order chi connectivity index (χ1) is 9.08. The Bertz CT molecular complexity index is 627. The van der Waals surface area contributed by atoms with Gasteiger partial charge in [0.25, 0.3) is 0 Å². The number of carbonyl (C=O) groups excluding carboxylic acids is 1. The van der Waals surface area contributed by atoms with E-state index in [9.17, 15) is 9.00 Å². The van der Waals surface area contributed by atoms with Gasteiger partial charge in [-0.15, -0.1) is 0 Å². The maximum Gasteiger partial charge on any atom is 0.177 e. The van der Waals surface area contributed by atoms with E-state index >= 15 is 0 Å². The fraction of sp³-hybridized carbons (Fsp3) is 0.0714. The topological polar surface area (TPSA) is 34.1 Å². The smallest absolute Gasteiger partial charge is 0.177 e. The van der Waals surface area contributed by atoms with Gasteiger partial charge in [0.05, 0.1) is 21.6 Å². The van der Waals surface area contributed by atoms with Gasteiger partial charge in [0, 0.05) is 15.5 Å². The van der Waals surface area contributed by atoms with E-state index in [-0.39, 0.29) is 11.5 Å². The molecule has 2 nitrogen and oxygen atoms in total. The molecule has 0 saturated heterocycles. The summed E-state index contributed by atoms with van der Waals surface area (Å²) >= 11 is 11.8. The Labute approximate surface area is 123 Å². The highest BCUT2D eigenvalue weighted by molar-refractivity contribution is 7.85. The molecule has 0 aliphatic carbocycles. The number of rotatable bonds is 4. The Kier molecular flexibility index (Phi) is 4.75. The van der Waals surface area contributed by atoms with E-state index in [1.165, 1.54) is 6.07 Å². The number of ketones is 1. The second-order valence-corrected chi connectivity index (χ2v) is 6.15. The third kappa shape index (κ3) is 3.66. The number of hydrogen-bond donors (Lipinski definition) is 0. The van der Waals surface area contributed by atoms with Gasteiger partial charge in [0.1, 0.15) is 0 Å². The van der Waals surface area contributed by atoms with Crippen molar-refractivity contribution in [3.05, 3.63) is 64.1 Å². The minimum atomic E-state index is -1.38. The van der Waals surface area contributed by atoms with Crippen LogP contribution in [0.3, 0.4) is 0 Å². The molecule has 0 aliphatic heterocycles. The zero-order chi connectivity index (χ0) is 13.8. The van der Waals surface area contributed by atoms with E-state index in [0.29, 0.717) is 20.5 Å². The molecule has 2 rings (SSSR count). The minimum Gasteiger partial charge on any atom is -0.293 e. The lowest BCUT2D eigenvalue weighted by atomic mass is 10.1. The van der Waals surface area contributed by atoms with Crippen LogP contribution in [-0.4, -0.2) is 15.7 Å². The fourth-order valence-electron chi connectivity index (χ4n) is 1.56. The van der Waals surface area contributed by atoms with Crippen molar-refractivity contribution in [3.8, 4) is 0 Å². The highest BCUT2D eigenvalue weighted by Gasteiger charge is 2.15. The van der Waals surface area contributed by atoms with E-state index in [1.54, 1.807) is 36.4 Å². The second kappa shape index (κ2) is 6.33. The molecule has 2 aromatic carbocycles.